The van der Waals surface area contributed by atoms with Crippen LogP contribution in [0.5, 0.6) is 0 Å². The lowest BCUT2D eigenvalue weighted by Gasteiger charge is -2.09. The minimum atomic E-state index is -3.54. The normalized spacial score (nSPS) is 11.6. The molecule has 0 radical (unpaired) electrons. The van der Waals surface area contributed by atoms with E-state index in [0.717, 1.165) is 17.2 Å². The van der Waals surface area contributed by atoms with Gasteiger partial charge in [-0.05, 0) is 19.1 Å². The van der Waals surface area contributed by atoms with Crippen LogP contribution in [0.4, 0.5) is 5.82 Å². The Morgan fingerprint density at radius 2 is 2.08 bits per heavy atom. The van der Waals surface area contributed by atoms with Crippen LogP contribution < -0.4 is 10.0 Å². The summed E-state index contributed by atoms with van der Waals surface area (Å²) in [6, 6.07) is 4.80. The molecule has 0 aliphatic heterocycles. The van der Waals surface area contributed by atoms with Gasteiger partial charge >= 0.3 is 0 Å². The summed E-state index contributed by atoms with van der Waals surface area (Å²) in [5, 5.41) is 3.06. The predicted octanol–water partition coefficient (Wildman–Crippen LogP) is 2.08. The van der Waals surface area contributed by atoms with Crippen LogP contribution in [0, 0.1) is 6.92 Å². The van der Waals surface area contributed by atoms with Crippen molar-refractivity contribution in [2.45, 2.75) is 11.1 Å². The van der Waals surface area contributed by atoms with Crippen molar-refractivity contribution in [1.29, 1.82) is 0 Å². The van der Waals surface area contributed by atoms with E-state index in [-0.39, 0.29) is 10.8 Å². The molecule has 11 heteroatoms. The Morgan fingerprint density at radius 1 is 1.24 bits per heavy atom. The van der Waals surface area contributed by atoms with Gasteiger partial charge in [0.15, 0.2) is 0 Å². The number of thiophene rings is 1. The maximum Gasteiger partial charge on any atom is 0.250 e. The van der Waals surface area contributed by atoms with E-state index in [9.17, 15) is 8.42 Å². The van der Waals surface area contributed by atoms with Crippen molar-refractivity contribution < 1.29 is 8.42 Å². The minimum Gasteiger partial charge on any atom is -0.369 e. The van der Waals surface area contributed by atoms with Crippen LogP contribution in [0.2, 0.25) is 4.34 Å². The lowest BCUT2D eigenvalue weighted by molar-refractivity contribution is 0.585. The van der Waals surface area contributed by atoms with E-state index in [2.05, 4.69) is 25.0 Å². The van der Waals surface area contributed by atoms with Crippen LogP contribution in [0.15, 0.2) is 41.1 Å². The summed E-state index contributed by atoms with van der Waals surface area (Å²) in [6.07, 6.45) is 4.94. The molecule has 8 nitrogen and oxygen atoms in total. The first-order chi connectivity index (χ1) is 12.0. The van der Waals surface area contributed by atoms with Crippen molar-refractivity contribution in [1.82, 2.24) is 24.2 Å². The van der Waals surface area contributed by atoms with Gasteiger partial charge in [-0.15, -0.1) is 11.3 Å². The third-order valence-electron chi connectivity index (χ3n) is 3.26. The maximum atomic E-state index is 12.1. The van der Waals surface area contributed by atoms with Crippen LogP contribution in [-0.4, -0.2) is 41.0 Å². The Hall–Kier alpha value is -2.01. The highest BCUT2D eigenvalue weighted by molar-refractivity contribution is 7.91. The van der Waals surface area contributed by atoms with E-state index in [1.165, 1.54) is 12.4 Å². The number of aryl methyl sites for hydroxylation is 1. The first kappa shape index (κ1) is 17.8. The number of nitrogens with zero attached hydrogens (tertiary/aromatic N) is 4. The quantitative estimate of drug-likeness (QED) is 0.591. The fraction of sp³-hybridized carbons (Fsp3) is 0.214. The van der Waals surface area contributed by atoms with Gasteiger partial charge in [-0.2, -0.15) is 0 Å². The molecular formula is C14H15ClN6O2S2. The molecular weight excluding hydrogens is 384 g/mol. The van der Waals surface area contributed by atoms with Gasteiger partial charge < -0.3 is 5.32 Å². The van der Waals surface area contributed by atoms with E-state index in [0.29, 0.717) is 22.5 Å². The van der Waals surface area contributed by atoms with Gasteiger partial charge in [0.1, 0.15) is 28.0 Å². The van der Waals surface area contributed by atoms with Crippen LogP contribution in [0.3, 0.4) is 0 Å². The molecule has 0 amide bonds. The summed E-state index contributed by atoms with van der Waals surface area (Å²) >= 11 is 6.79. The third-order valence-corrected chi connectivity index (χ3v) is 6.45. The van der Waals surface area contributed by atoms with Crippen LogP contribution in [0.1, 0.15) is 5.82 Å². The second-order valence-corrected chi connectivity index (χ2v) is 8.70. The minimum absolute atomic E-state index is 0.192. The third kappa shape index (κ3) is 4.34. The van der Waals surface area contributed by atoms with Gasteiger partial charge in [0.05, 0.1) is 4.34 Å². The molecule has 0 saturated heterocycles. The highest BCUT2D eigenvalue weighted by Crippen LogP contribution is 2.25. The van der Waals surface area contributed by atoms with Gasteiger partial charge in [0, 0.05) is 31.5 Å². The number of halogens is 1. The van der Waals surface area contributed by atoms with Crippen LogP contribution >= 0.6 is 22.9 Å². The fourth-order valence-corrected chi connectivity index (χ4v) is 4.64. The molecule has 132 valence electrons. The number of aromatic nitrogens is 4. The number of imidazole rings is 1. The van der Waals surface area contributed by atoms with Crippen LogP contribution in [-0.2, 0) is 10.0 Å². The SMILES string of the molecule is Cc1nccn1-c1cc(NCCNS(=O)(=O)c2ccc(Cl)s2)ncn1. The molecule has 3 aromatic rings. The Bertz CT molecular complexity index is 969. The van der Waals surface area contributed by atoms with E-state index < -0.39 is 10.0 Å². The van der Waals surface area contributed by atoms with Crippen molar-refractivity contribution in [2.24, 2.45) is 0 Å². The average Bonchev–Trinajstić information content (AvgIpc) is 3.21. The van der Waals surface area contributed by atoms with Crippen LogP contribution in [0.25, 0.3) is 5.82 Å². The predicted molar refractivity (Wildman–Crippen MR) is 96.9 cm³/mol. The van der Waals surface area contributed by atoms with E-state index in [4.69, 9.17) is 11.6 Å². The molecule has 0 bridgehead atoms. The zero-order chi connectivity index (χ0) is 17.9. The molecule has 3 aromatic heterocycles. The Labute approximate surface area is 154 Å². The molecule has 0 saturated carbocycles. The Balaban J connectivity index is 1.57. The van der Waals surface area contributed by atoms with Crippen molar-refractivity contribution in [3.8, 4) is 5.82 Å². The molecule has 0 unspecified atom stereocenters. The van der Waals surface area contributed by atoms with Crippen molar-refractivity contribution >= 4 is 38.8 Å². The smallest absolute Gasteiger partial charge is 0.250 e. The molecule has 25 heavy (non-hydrogen) atoms. The van der Waals surface area contributed by atoms with E-state index in [1.807, 2.05) is 17.7 Å². The Morgan fingerprint density at radius 3 is 2.76 bits per heavy atom. The van der Waals surface area contributed by atoms with Gasteiger partial charge in [0.25, 0.3) is 0 Å². The Kier molecular flexibility index (Phi) is 5.33. The lowest BCUT2D eigenvalue weighted by Crippen LogP contribution is -2.28. The van der Waals surface area contributed by atoms with E-state index >= 15 is 0 Å². The monoisotopic (exact) mass is 398 g/mol. The summed E-state index contributed by atoms with van der Waals surface area (Å²) in [6.45, 7) is 2.46. The summed E-state index contributed by atoms with van der Waals surface area (Å²) in [7, 11) is -3.54. The standard InChI is InChI=1S/C14H15ClN6O2S2/c1-10-16-6-7-21(10)13-8-12(18-9-19-13)17-4-5-20-25(22,23)14-3-2-11(15)24-14/h2-3,6-9,20H,4-5H2,1H3,(H,17,18,19). The van der Waals surface area contributed by atoms with Gasteiger partial charge in [-0.25, -0.2) is 28.1 Å². The first-order valence-corrected chi connectivity index (χ1v) is 9.95. The largest absolute Gasteiger partial charge is 0.369 e. The lowest BCUT2D eigenvalue weighted by atomic mass is 10.5. The van der Waals surface area contributed by atoms with Crippen molar-refractivity contribution in [2.75, 3.05) is 18.4 Å². The number of hydrogen-bond acceptors (Lipinski definition) is 7. The molecule has 0 aliphatic carbocycles. The summed E-state index contributed by atoms with van der Waals surface area (Å²) in [5.41, 5.74) is 0. The molecule has 0 spiro atoms. The molecule has 3 rings (SSSR count). The number of sulfonamides is 1. The number of nitrogens with one attached hydrogen (secondary N) is 2. The summed E-state index contributed by atoms with van der Waals surface area (Å²) in [4.78, 5) is 12.5. The average molecular weight is 399 g/mol. The van der Waals surface area contributed by atoms with E-state index in [1.54, 1.807) is 18.3 Å². The summed E-state index contributed by atoms with van der Waals surface area (Å²) < 4.78 is 29.1. The fourth-order valence-electron chi connectivity index (χ4n) is 2.08. The zero-order valence-electron chi connectivity index (χ0n) is 13.2. The topological polar surface area (TPSA) is 102 Å². The second-order valence-electron chi connectivity index (χ2n) is 4.99. The second kappa shape index (κ2) is 7.48. The van der Waals surface area contributed by atoms with Crippen molar-refractivity contribution in [3.63, 3.8) is 0 Å². The molecule has 0 atom stereocenters. The van der Waals surface area contributed by atoms with Gasteiger partial charge in [-0.1, -0.05) is 11.6 Å². The highest BCUT2D eigenvalue weighted by Gasteiger charge is 2.15. The number of hydrogen-bond donors (Lipinski definition) is 2. The number of anilines is 1. The molecule has 0 fully saturated rings. The molecule has 2 N–H and O–H groups in total. The highest BCUT2D eigenvalue weighted by atomic mass is 35.5. The maximum absolute atomic E-state index is 12.1. The zero-order valence-corrected chi connectivity index (χ0v) is 15.6. The molecule has 0 aliphatic rings. The molecule has 3 heterocycles. The number of rotatable bonds is 7. The van der Waals surface area contributed by atoms with Gasteiger partial charge in [-0.3, -0.25) is 4.57 Å². The van der Waals surface area contributed by atoms with Crippen molar-refractivity contribution in [3.05, 3.63) is 47.1 Å². The first-order valence-electron chi connectivity index (χ1n) is 7.27. The van der Waals surface area contributed by atoms with Gasteiger partial charge in [0.2, 0.25) is 10.0 Å². The summed E-state index contributed by atoms with van der Waals surface area (Å²) in [5.74, 6) is 2.09. The molecule has 0 aromatic carbocycles.